The molecule has 37 heavy (non-hydrogen) atoms. The first kappa shape index (κ1) is 24.2. The maximum absolute atomic E-state index is 14.1. The molecule has 8 heteroatoms. The van der Waals surface area contributed by atoms with Crippen LogP contribution >= 0.6 is 0 Å². The largest absolute Gasteiger partial charge is 0.359 e. The number of fused-ring (bicyclic) bond motifs is 4. The van der Waals surface area contributed by atoms with Crippen molar-refractivity contribution in [2.45, 2.75) is 70.4 Å². The lowest BCUT2D eigenvalue weighted by molar-refractivity contribution is 0.0604. The van der Waals surface area contributed by atoms with Gasteiger partial charge in [-0.15, -0.1) is 0 Å². The van der Waals surface area contributed by atoms with Gasteiger partial charge in [0.1, 0.15) is 11.6 Å². The standard InChI is InChI=1S/C29H39N7O/c1-20-9-8-11-21-10-4-3-6-14-33(2)27-18-25(34-16-13-22(30)19-34)31-26-17-23(32-36(26)27)24-12-5-7-15-35(24)29(37)28(20)21/h8-9,11,17-18,22,24H,3-7,10,12-16,19,30H2,1-2H3. The molecule has 0 spiro atoms. The Morgan fingerprint density at radius 2 is 1.86 bits per heavy atom. The first-order chi connectivity index (χ1) is 18.0. The predicted octanol–water partition coefficient (Wildman–Crippen LogP) is 4.11. The molecule has 2 unspecified atom stereocenters. The highest BCUT2D eigenvalue weighted by molar-refractivity contribution is 5.97. The van der Waals surface area contributed by atoms with Crippen LogP contribution < -0.4 is 15.5 Å². The summed E-state index contributed by atoms with van der Waals surface area (Å²) in [6, 6.07) is 10.7. The molecule has 196 valence electrons. The van der Waals surface area contributed by atoms with Crippen molar-refractivity contribution in [3.05, 3.63) is 52.7 Å². The van der Waals surface area contributed by atoms with E-state index >= 15 is 0 Å². The average molecular weight is 502 g/mol. The summed E-state index contributed by atoms with van der Waals surface area (Å²) in [5.41, 5.74) is 11.2. The lowest BCUT2D eigenvalue weighted by atomic mass is 9.93. The fraction of sp³-hybridized carbons (Fsp3) is 0.552. The van der Waals surface area contributed by atoms with Gasteiger partial charge < -0.3 is 20.4 Å². The van der Waals surface area contributed by atoms with E-state index in [-0.39, 0.29) is 18.0 Å². The minimum Gasteiger partial charge on any atom is -0.359 e. The quantitative estimate of drug-likeness (QED) is 0.541. The molecule has 3 aliphatic heterocycles. The van der Waals surface area contributed by atoms with Gasteiger partial charge in [-0.05, 0) is 63.0 Å². The number of nitrogens with two attached hydrogens (primary N) is 1. The molecule has 5 heterocycles. The molecule has 3 aliphatic rings. The molecule has 3 aromatic rings. The van der Waals surface area contributed by atoms with Gasteiger partial charge in [0.2, 0.25) is 0 Å². The number of hydrogen-bond donors (Lipinski definition) is 1. The predicted molar refractivity (Wildman–Crippen MR) is 147 cm³/mol. The van der Waals surface area contributed by atoms with Crippen LogP contribution in [-0.4, -0.2) is 64.7 Å². The van der Waals surface area contributed by atoms with E-state index in [2.05, 4.69) is 59.0 Å². The van der Waals surface area contributed by atoms with Crippen molar-refractivity contribution in [3.8, 4) is 0 Å². The second kappa shape index (κ2) is 9.97. The normalized spacial score (nSPS) is 23.2. The number of aryl methyl sites for hydroxylation is 2. The zero-order valence-electron chi connectivity index (χ0n) is 22.2. The smallest absolute Gasteiger partial charge is 0.254 e. The van der Waals surface area contributed by atoms with Crippen LogP contribution in [0.2, 0.25) is 0 Å². The average Bonchev–Trinajstić information content (AvgIpc) is 3.53. The molecule has 2 fully saturated rings. The molecule has 0 aliphatic carbocycles. The number of piperidine rings is 1. The first-order valence-electron chi connectivity index (χ1n) is 14.0. The number of anilines is 2. The van der Waals surface area contributed by atoms with Crippen molar-refractivity contribution < 1.29 is 4.79 Å². The van der Waals surface area contributed by atoms with Crippen LogP contribution in [0.25, 0.3) is 5.65 Å². The first-order valence-corrected chi connectivity index (χ1v) is 14.0. The Kier molecular flexibility index (Phi) is 6.53. The van der Waals surface area contributed by atoms with Crippen LogP contribution in [0.4, 0.5) is 11.6 Å². The summed E-state index contributed by atoms with van der Waals surface area (Å²) in [6.07, 6.45) is 8.26. The molecule has 1 amide bonds. The van der Waals surface area contributed by atoms with Gasteiger partial charge in [0.05, 0.1) is 11.7 Å². The molecule has 0 saturated carbocycles. The minimum absolute atomic E-state index is 0.0395. The Bertz CT molecular complexity index is 1300. The Balaban J connectivity index is 1.47. The highest BCUT2D eigenvalue weighted by atomic mass is 16.2. The number of hydrogen-bond acceptors (Lipinski definition) is 6. The van der Waals surface area contributed by atoms with Gasteiger partial charge in [0, 0.05) is 57.0 Å². The summed E-state index contributed by atoms with van der Waals surface area (Å²) >= 11 is 0. The van der Waals surface area contributed by atoms with E-state index < -0.39 is 0 Å². The van der Waals surface area contributed by atoms with Gasteiger partial charge in [0.25, 0.3) is 5.91 Å². The summed E-state index contributed by atoms with van der Waals surface area (Å²) in [4.78, 5) is 25.8. The summed E-state index contributed by atoms with van der Waals surface area (Å²) in [5.74, 6) is 2.17. The van der Waals surface area contributed by atoms with Gasteiger partial charge in [-0.1, -0.05) is 24.6 Å². The fourth-order valence-corrected chi connectivity index (χ4v) is 6.38. The number of amides is 1. The number of nitrogens with zero attached hydrogens (tertiary/aromatic N) is 6. The van der Waals surface area contributed by atoms with E-state index in [0.717, 1.165) is 112 Å². The number of aromatic nitrogens is 3. The number of carbonyl (C=O) groups excluding carboxylic acids is 1. The third kappa shape index (κ3) is 4.56. The minimum atomic E-state index is -0.0395. The molecule has 0 radical (unpaired) electrons. The van der Waals surface area contributed by atoms with Crippen molar-refractivity contribution in [3.63, 3.8) is 0 Å². The summed E-state index contributed by atoms with van der Waals surface area (Å²) in [5, 5.41) is 5.11. The van der Waals surface area contributed by atoms with E-state index in [9.17, 15) is 4.79 Å². The second-order valence-corrected chi connectivity index (χ2v) is 11.2. The van der Waals surface area contributed by atoms with Crippen LogP contribution in [0, 0.1) is 6.92 Å². The van der Waals surface area contributed by atoms with Crippen molar-refractivity contribution >= 4 is 23.2 Å². The van der Waals surface area contributed by atoms with E-state index in [1.165, 1.54) is 5.56 Å². The molecule has 2 atom stereocenters. The Morgan fingerprint density at radius 3 is 2.70 bits per heavy atom. The van der Waals surface area contributed by atoms with E-state index in [1.54, 1.807) is 0 Å². The molecular weight excluding hydrogens is 462 g/mol. The van der Waals surface area contributed by atoms with Crippen LogP contribution in [-0.2, 0) is 6.42 Å². The van der Waals surface area contributed by atoms with E-state index in [1.807, 2.05) is 4.52 Å². The van der Waals surface area contributed by atoms with Gasteiger partial charge in [-0.25, -0.2) is 4.98 Å². The van der Waals surface area contributed by atoms with Crippen LogP contribution in [0.1, 0.15) is 78.2 Å². The molecule has 2 aromatic heterocycles. The van der Waals surface area contributed by atoms with Crippen molar-refractivity contribution in [1.82, 2.24) is 19.5 Å². The Hall–Kier alpha value is -3.13. The van der Waals surface area contributed by atoms with Crippen molar-refractivity contribution in [2.24, 2.45) is 5.73 Å². The third-order valence-electron chi connectivity index (χ3n) is 8.47. The van der Waals surface area contributed by atoms with Crippen LogP contribution in [0.3, 0.4) is 0 Å². The molecular formula is C29H39N7O. The highest BCUT2D eigenvalue weighted by Gasteiger charge is 2.33. The molecule has 2 bridgehead atoms. The Morgan fingerprint density at radius 1 is 1.00 bits per heavy atom. The maximum Gasteiger partial charge on any atom is 0.254 e. The van der Waals surface area contributed by atoms with Crippen LogP contribution in [0.5, 0.6) is 0 Å². The SMILES string of the molecule is Cc1cccc2c1C(=O)N1CCCCC1c1cc3nc(N4CCC(N)C4)cc(n3n1)N(C)CCCCC2. The molecule has 8 nitrogen and oxygen atoms in total. The second-order valence-electron chi connectivity index (χ2n) is 11.2. The zero-order chi connectivity index (χ0) is 25.5. The number of rotatable bonds is 1. The maximum atomic E-state index is 14.1. The monoisotopic (exact) mass is 501 g/mol. The lowest BCUT2D eigenvalue weighted by Gasteiger charge is -2.35. The molecule has 2 saturated heterocycles. The van der Waals surface area contributed by atoms with E-state index in [0.29, 0.717) is 0 Å². The van der Waals surface area contributed by atoms with Gasteiger partial charge in [-0.3, -0.25) is 4.79 Å². The third-order valence-corrected chi connectivity index (χ3v) is 8.47. The van der Waals surface area contributed by atoms with Gasteiger partial charge >= 0.3 is 0 Å². The topological polar surface area (TPSA) is 83.0 Å². The number of carbonyl (C=O) groups is 1. The van der Waals surface area contributed by atoms with Gasteiger partial charge in [0.15, 0.2) is 5.65 Å². The molecule has 6 rings (SSSR count). The summed E-state index contributed by atoms with van der Waals surface area (Å²) < 4.78 is 1.99. The lowest BCUT2D eigenvalue weighted by Crippen LogP contribution is -2.39. The van der Waals surface area contributed by atoms with E-state index in [4.69, 9.17) is 15.8 Å². The molecule has 1 aromatic carbocycles. The van der Waals surface area contributed by atoms with Crippen molar-refractivity contribution in [2.75, 3.05) is 43.0 Å². The number of benzene rings is 1. The Labute approximate surface area is 219 Å². The fourth-order valence-electron chi connectivity index (χ4n) is 6.38. The van der Waals surface area contributed by atoms with Crippen molar-refractivity contribution in [1.29, 1.82) is 0 Å². The summed E-state index contributed by atoms with van der Waals surface area (Å²) in [6.45, 7) is 5.55. The van der Waals surface area contributed by atoms with Gasteiger partial charge in [-0.2, -0.15) is 9.61 Å². The van der Waals surface area contributed by atoms with Crippen LogP contribution in [0.15, 0.2) is 30.3 Å². The molecule has 2 N–H and O–H groups in total. The summed E-state index contributed by atoms with van der Waals surface area (Å²) in [7, 11) is 2.16. The highest BCUT2D eigenvalue weighted by Crippen LogP contribution is 2.35. The zero-order valence-corrected chi connectivity index (χ0v) is 22.2.